The lowest BCUT2D eigenvalue weighted by Gasteiger charge is -2.02. The van der Waals surface area contributed by atoms with Crippen LogP contribution in [-0.2, 0) is 0 Å². The van der Waals surface area contributed by atoms with E-state index in [0.717, 1.165) is 0 Å². The molecule has 86 valence electrons. The van der Waals surface area contributed by atoms with Gasteiger partial charge in [0.05, 0.1) is 16.8 Å². The van der Waals surface area contributed by atoms with Gasteiger partial charge >= 0.3 is 0 Å². The number of hydrogen-bond donors (Lipinski definition) is 0. The van der Waals surface area contributed by atoms with Gasteiger partial charge in [-0.25, -0.2) is 4.68 Å². The topological polar surface area (TPSA) is 90.9 Å². The Morgan fingerprint density at radius 2 is 2.00 bits per heavy atom. The number of aromatic nitrogens is 3. The van der Waals surface area contributed by atoms with Crippen molar-refractivity contribution in [2.45, 2.75) is 6.92 Å². The van der Waals surface area contributed by atoms with Gasteiger partial charge in [0.25, 0.3) is 5.69 Å². The predicted octanol–water partition coefficient (Wildman–Crippen LogP) is 1.38. The van der Waals surface area contributed by atoms with Crippen molar-refractivity contribution in [2.24, 2.45) is 0 Å². The van der Waals surface area contributed by atoms with Gasteiger partial charge in [-0.2, -0.15) is 0 Å². The van der Waals surface area contributed by atoms with E-state index in [2.05, 4.69) is 10.3 Å². The van der Waals surface area contributed by atoms with E-state index in [9.17, 15) is 14.9 Å². The maximum Gasteiger partial charge on any atom is 0.269 e. The molecule has 1 aromatic carbocycles. The Labute approximate surface area is 95.8 Å². The Morgan fingerprint density at radius 1 is 1.35 bits per heavy atom. The normalized spacial score (nSPS) is 10.2. The van der Waals surface area contributed by atoms with Crippen LogP contribution in [0.2, 0.25) is 0 Å². The summed E-state index contributed by atoms with van der Waals surface area (Å²) < 4.78 is 1.34. The molecule has 2 rings (SSSR count). The first-order valence-electron chi connectivity index (χ1n) is 4.76. The van der Waals surface area contributed by atoms with Crippen molar-refractivity contribution in [3.8, 4) is 5.69 Å². The summed E-state index contributed by atoms with van der Waals surface area (Å²) >= 11 is 0. The lowest BCUT2D eigenvalue weighted by Crippen LogP contribution is -2.05. The van der Waals surface area contributed by atoms with E-state index in [-0.39, 0.29) is 11.5 Å². The molecule has 17 heavy (non-hydrogen) atoms. The number of ketones is 1. The van der Waals surface area contributed by atoms with Crippen LogP contribution in [0.3, 0.4) is 0 Å². The molecule has 1 heterocycles. The van der Waals surface area contributed by atoms with Crippen molar-refractivity contribution in [2.75, 3.05) is 0 Å². The van der Waals surface area contributed by atoms with Crippen LogP contribution in [0.25, 0.3) is 5.69 Å². The Balaban J connectivity index is 2.43. The van der Waals surface area contributed by atoms with Crippen molar-refractivity contribution in [3.05, 3.63) is 46.3 Å². The average molecular weight is 232 g/mol. The Morgan fingerprint density at radius 3 is 2.53 bits per heavy atom. The van der Waals surface area contributed by atoms with Gasteiger partial charge in [-0.3, -0.25) is 14.9 Å². The molecule has 0 radical (unpaired) electrons. The fourth-order valence-electron chi connectivity index (χ4n) is 1.38. The van der Waals surface area contributed by atoms with E-state index < -0.39 is 4.92 Å². The summed E-state index contributed by atoms with van der Waals surface area (Å²) in [4.78, 5) is 21.3. The SMILES string of the molecule is CC(=O)c1cnnn1-c1ccc([N+](=O)[O-])cc1. The number of non-ortho nitro benzene ring substituents is 1. The molecule has 0 N–H and O–H groups in total. The fraction of sp³-hybridized carbons (Fsp3) is 0.100. The summed E-state index contributed by atoms with van der Waals surface area (Å²) in [5.74, 6) is -0.173. The Hall–Kier alpha value is -2.57. The zero-order chi connectivity index (χ0) is 12.4. The minimum atomic E-state index is -0.489. The highest BCUT2D eigenvalue weighted by Crippen LogP contribution is 2.15. The number of carbonyl (C=O) groups is 1. The number of rotatable bonds is 3. The van der Waals surface area contributed by atoms with Gasteiger partial charge in [-0.15, -0.1) is 5.10 Å². The number of Topliss-reactive ketones (excluding diaryl/α,β-unsaturated/α-hetero) is 1. The van der Waals surface area contributed by atoms with Crippen LogP contribution < -0.4 is 0 Å². The summed E-state index contributed by atoms with van der Waals surface area (Å²) in [6, 6.07) is 5.72. The quantitative estimate of drug-likeness (QED) is 0.453. The molecule has 0 fully saturated rings. The average Bonchev–Trinajstić information content (AvgIpc) is 2.78. The third-order valence-corrected chi connectivity index (χ3v) is 2.22. The lowest BCUT2D eigenvalue weighted by molar-refractivity contribution is -0.384. The van der Waals surface area contributed by atoms with Crippen molar-refractivity contribution in [1.29, 1.82) is 0 Å². The first kappa shape index (κ1) is 10.9. The molecule has 0 unspecified atom stereocenters. The number of benzene rings is 1. The van der Waals surface area contributed by atoms with Gasteiger partial charge in [-0.1, -0.05) is 5.21 Å². The summed E-state index contributed by atoms with van der Waals surface area (Å²) in [6.07, 6.45) is 1.35. The highest BCUT2D eigenvalue weighted by molar-refractivity contribution is 5.92. The van der Waals surface area contributed by atoms with E-state index in [1.54, 1.807) is 0 Å². The maximum atomic E-state index is 11.3. The van der Waals surface area contributed by atoms with E-state index in [1.165, 1.54) is 42.1 Å². The molecular formula is C10H8N4O3. The number of nitro benzene ring substituents is 1. The molecule has 7 heteroatoms. The molecule has 0 amide bonds. The second kappa shape index (κ2) is 4.12. The highest BCUT2D eigenvalue weighted by Gasteiger charge is 2.11. The maximum absolute atomic E-state index is 11.3. The number of hydrogen-bond acceptors (Lipinski definition) is 5. The Kier molecular flexibility index (Phi) is 2.65. The molecule has 0 saturated carbocycles. The van der Waals surface area contributed by atoms with Crippen LogP contribution >= 0.6 is 0 Å². The summed E-state index contributed by atoms with van der Waals surface area (Å²) in [5.41, 5.74) is 0.871. The third-order valence-electron chi connectivity index (χ3n) is 2.22. The minimum absolute atomic E-state index is 0.0155. The zero-order valence-corrected chi connectivity index (χ0v) is 8.90. The van der Waals surface area contributed by atoms with Crippen LogP contribution in [0, 0.1) is 10.1 Å². The fourth-order valence-corrected chi connectivity index (χ4v) is 1.38. The molecule has 0 spiro atoms. The van der Waals surface area contributed by atoms with Gasteiger partial charge < -0.3 is 0 Å². The van der Waals surface area contributed by atoms with Gasteiger partial charge in [0.2, 0.25) is 0 Å². The molecule has 0 aliphatic heterocycles. The van der Waals surface area contributed by atoms with Crippen LogP contribution in [-0.4, -0.2) is 25.7 Å². The lowest BCUT2D eigenvalue weighted by atomic mass is 10.2. The van der Waals surface area contributed by atoms with Gasteiger partial charge in [0.15, 0.2) is 5.78 Å². The zero-order valence-electron chi connectivity index (χ0n) is 8.90. The monoisotopic (exact) mass is 232 g/mol. The van der Waals surface area contributed by atoms with Gasteiger partial charge in [0.1, 0.15) is 5.69 Å². The van der Waals surface area contributed by atoms with Crippen molar-refractivity contribution in [1.82, 2.24) is 15.0 Å². The van der Waals surface area contributed by atoms with Crippen LogP contribution in [0.4, 0.5) is 5.69 Å². The number of nitrogens with zero attached hydrogens (tertiary/aromatic N) is 4. The molecule has 0 atom stereocenters. The highest BCUT2D eigenvalue weighted by atomic mass is 16.6. The smallest absolute Gasteiger partial charge is 0.269 e. The third kappa shape index (κ3) is 2.03. The van der Waals surface area contributed by atoms with Crippen molar-refractivity contribution in [3.63, 3.8) is 0 Å². The summed E-state index contributed by atoms with van der Waals surface area (Å²) in [7, 11) is 0. The van der Waals surface area contributed by atoms with Crippen LogP contribution in [0.15, 0.2) is 30.5 Å². The van der Waals surface area contributed by atoms with E-state index in [0.29, 0.717) is 11.4 Å². The molecule has 0 bridgehead atoms. The van der Waals surface area contributed by atoms with Crippen LogP contribution in [0.1, 0.15) is 17.4 Å². The molecule has 0 saturated heterocycles. The Bertz CT molecular complexity index is 573. The van der Waals surface area contributed by atoms with E-state index in [4.69, 9.17) is 0 Å². The van der Waals surface area contributed by atoms with E-state index >= 15 is 0 Å². The second-order valence-electron chi connectivity index (χ2n) is 3.36. The summed E-state index contributed by atoms with van der Waals surface area (Å²) in [6.45, 7) is 1.40. The first-order valence-corrected chi connectivity index (χ1v) is 4.76. The van der Waals surface area contributed by atoms with Crippen molar-refractivity contribution >= 4 is 11.5 Å². The largest absolute Gasteiger partial charge is 0.293 e. The molecule has 1 aromatic heterocycles. The second-order valence-corrected chi connectivity index (χ2v) is 3.36. The summed E-state index contributed by atoms with van der Waals surface area (Å²) in [5, 5.41) is 17.9. The standard InChI is InChI=1S/C10H8N4O3/c1-7(15)10-6-11-12-13(10)8-2-4-9(5-3-8)14(16)17/h2-6H,1H3. The molecule has 2 aromatic rings. The van der Waals surface area contributed by atoms with Gasteiger partial charge in [0, 0.05) is 19.1 Å². The van der Waals surface area contributed by atoms with Crippen LogP contribution in [0.5, 0.6) is 0 Å². The predicted molar refractivity (Wildman–Crippen MR) is 58.0 cm³/mol. The first-order chi connectivity index (χ1) is 8.09. The van der Waals surface area contributed by atoms with Crippen molar-refractivity contribution < 1.29 is 9.72 Å². The van der Waals surface area contributed by atoms with Gasteiger partial charge in [-0.05, 0) is 12.1 Å². The molecular weight excluding hydrogens is 224 g/mol. The molecule has 0 aliphatic carbocycles. The molecule has 0 aliphatic rings. The van der Waals surface area contributed by atoms with E-state index in [1.807, 2.05) is 0 Å². The molecule has 7 nitrogen and oxygen atoms in total. The number of carbonyl (C=O) groups excluding carboxylic acids is 1. The number of nitro groups is 1. The minimum Gasteiger partial charge on any atom is -0.293 e.